The van der Waals surface area contributed by atoms with Crippen molar-refractivity contribution < 1.29 is 27.5 Å². The minimum Gasteiger partial charge on any atom is -0.446 e. The molecular formula is C24H34N4O4S. The van der Waals surface area contributed by atoms with Gasteiger partial charge in [0.1, 0.15) is 11.9 Å². The molecule has 0 bridgehead atoms. The maximum absolute atomic E-state index is 12.4. The van der Waals surface area contributed by atoms with Gasteiger partial charge in [-0.1, -0.05) is 6.07 Å². The van der Waals surface area contributed by atoms with Gasteiger partial charge in [0, 0.05) is 31.9 Å². The zero-order valence-electron chi connectivity index (χ0n) is 25.9. The van der Waals surface area contributed by atoms with Crippen molar-refractivity contribution >= 4 is 27.4 Å². The van der Waals surface area contributed by atoms with E-state index in [9.17, 15) is 13.2 Å². The molecule has 8 nitrogen and oxygen atoms in total. The van der Waals surface area contributed by atoms with Gasteiger partial charge in [-0.3, -0.25) is 0 Å². The predicted octanol–water partition coefficient (Wildman–Crippen LogP) is 4.58. The number of ether oxygens (including phenoxy) is 1. The minimum atomic E-state index is -3.30. The van der Waals surface area contributed by atoms with Crippen LogP contribution < -0.4 is 10.6 Å². The Morgan fingerprint density at radius 1 is 1.24 bits per heavy atom. The van der Waals surface area contributed by atoms with Gasteiger partial charge < -0.3 is 15.4 Å². The zero-order valence-corrected chi connectivity index (χ0v) is 19.8. The lowest BCUT2D eigenvalue weighted by Gasteiger charge is -2.23. The fraction of sp³-hybridized carbons (Fsp3) is 0.583. The zero-order chi connectivity index (χ0) is 29.9. The summed E-state index contributed by atoms with van der Waals surface area (Å²) in [4.78, 5) is 12.4. The van der Waals surface area contributed by atoms with Crippen molar-refractivity contribution in [1.82, 2.24) is 15.1 Å². The summed E-state index contributed by atoms with van der Waals surface area (Å²) in [5.74, 6) is 0.682. The van der Waals surface area contributed by atoms with Gasteiger partial charge in [-0.05, 0) is 77.0 Å². The topological polar surface area (TPSA) is 102 Å². The lowest BCUT2D eigenvalue weighted by molar-refractivity contribution is 0.0981. The molecule has 0 saturated heterocycles. The molecule has 2 aliphatic rings. The third kappa shape index (κ3) is 5.51. The number of benzene rings is 1. The molecule has 4 rings (SSSR count). The second-order valence-corrected chi connectivity index (χ2v) is 11.8. The molecule has 33 heavy (non-hydrogen) atoms. The largest absolute Gasteiger partial charge is 0.446 e. The fourth-order valence-corrected chi connectivity index (χ4v) is 6.05. The van der Waals surface area contributed by atoms with Gasteiger partial charge in [-0.25, -0.2) is 17.9 Å². The molecular weight excluding hydrogens is 440 g/mol. The molecule has 1 amide bonds. The standard InChI is InChI=1S/C24H34N4O4S/c1-15(2)25-23(29)32-20-9-7-16(11-20)21-12-22(28(27-21)24(3,4)5)26-19-8-6-17-13-33(30,31)14-18(17)10-19/h6,8,10,12,15-16,20,26H,7,9,11,13-14H2,1-5H3,(H,25,29)/t16-,20+/m0/s1/i1D3,2D3,15D. The van der Waals surface area contributed by atoms with Crippen molar-refractivity contribution in [2.75, 3.05) is 5.32 Å². The second-order valence-electron chi connectivity index (χ2n) is 9.72. The number of rotatable bonds is 5. The Morgan fingerprint density at radius 3 is 2.73 bits per heavy atom. The van der Waals surface area contributed by atoms with Crippen molar-refractivity contribution in [1.29, 1.82) is 0 Å². The summed E-state index contributed by atoms with van der Waals surface area (Å²) < 4.78 is 83.8. The third-order valence-electron chi connectivity index (χ3n) is 5.90. The van der Waals surface area contributed by atoms with Crippen LogP contribution in [-0.2, 0) is 31.6 Å². The molecule has 2 aromatic rings. The highest BCUT2D eigenvalue weighted by Crippen LogP contribution is 2.38. The van der Waals surface area contributed by atoms with Crippen molar-refractivity contribution in [3.05, 3.63) is 41.1 Å². The van der Waals surface area contributed by atoms with E-state index in [1.807, 2.05) is 49.7 Å². The van der Waals surface area contributed by atoms with Crippen LogP contribution in [0.25, 0.3) is 0 Å². The number of hydrogen-bond acceptors (Lipinski definition) is 6. The van der Waals surface area contributed by atoms with E-state index in [-0.39, 0.29) is 17.4 Å². The third-order valence-corrected chi connectivity index (χ3v) is 7.40. The number of fused-ring (bicyclic) bond motifs is 1. The van der Waals surface area contributed by atoms with Crippen LogP contribution in [-0.4, -0.2) is 36.4 Å². The first-order valence-corrected chi connectivity index (χ1v) is 12.7. The Balaban J connectivity index is 1.47. The summed E-state index contributed by atoms with van der Waals surface area (Å²) in [5, 5.41) is 9.93. The average Bonchev–Trinajstić information content (AvgIpc) is 3.47. The van der Waals surface area contributed by atoms with E-state index in [4.69, 9.17) is 19.4 Å². The molecule has 2 heterocycles. The van der Waals surface area contributed by atoms with Gasteiger partial charge in [0.05, 0.1) is 24.1 Å². The lowest BCUT2D eigenvalue weighted by atomic mass is 10.0. The van der Waals surface area contributed by atoms with Gasteiger partial charge in [-0.15, -0.1) is 0 Å². The van der Waals surface area contributed by atoms with Crippen LogP contribution in [0.1, 0.15) is 86.1 Å². The van der Waals surface area contributed by atoms with Crippen LogP contribution in [0.4, 0.5) is 16.3 Å². The normalized spacial score (nSPS) is 26.0. The number of nitrogens with zero attached hydrogens (tertiary/aromatic N) is 2. The van der Waals surface area contributed by atoms with E-state index in [1.54, 1.807) is 5.32 Å². The summed E-state index contributed by atoms with van der Waals surface area (Å²) in [5.41, 5.74) is 2.68. The van der Waals surface area contributed by atoms with Gasteiger partial charge in [0.15, 0.2) is 9.84 Å². The highest BCUT2D eigenvalue weighted by molar-refractivity contribution is 7.90. The van der Waals surface area contributed by atoms with Crippen LogP contribution in [0.5, 0.6) is 0 Å². The first-order chi connectivity index (χ1) is 18.2. The molecule has 1 aliphatic carbocycles. The summed E-state index contributed by atoms with van der Waals surface area (Å²) >= 11 is 0. The van der Waals surface area contributed by atoms with Crippen molar-refractivity contribution in [3.8, 4) is 0 Å². The van der Waals surface area contributed by atoms with Gasteiger partial charge >= 0.3 is 6.09 Å². The number of hydrogen-bond donors (Lipinski definition) is 2. The van der Waals surface area contributed by atoms with E-state index in [2.05, 4.69) is 5.32 Å². The van der Waals surface area contributed by atoms with Crippen LogP contribution in [0, 0.1) is 0 Å². The highest BCUT2D eigenvalue weighted by Gasteiger charge is 2.32. The van der Waals surface area contributed by atoms with Crippen LogP contribution >= 0.6 is 0 Å². The second kappa shape index (κ2) is 8.66. The number of nitrogens with one attached hydrogen (secondary N) is 2. The Bertz CT molecular complexity index is 1380. The maximum Gasteiger partial charge on any atom is 0.407 e. The molecule has 9 heteroatoms. The number of anilines is 2. The molecule has 2 atom stereocenters. The number of sulfone groups is 1. The molecule has 0 radical (unpaired) electrons. The molecule has 1 aromatic heterocycles. The SMILES string of the molecule is [2H]C([2H])([2H])C([2H])(NC(=O)O[C@@H]1CC[C@H](c2cc(Nc3ccc4c(c3)CS(=O)(=O)C4)n(C(C)(C)C)n2)C1)C([2H])([2H])[2H]. The summed E-state index contributed by atoms with van der Waals surface area (Å²) in [6.45, 7) is -0.605. The average molecular weight is 482 g/mol. The molecule has 180 valence electrons. The Kier molecular flexibility index (Phi) is 4.24. The molecule has 1 aliphatic heterocycles. The number of amides is 1. The Morgan fingerprint density at radius 2 is 2.00 bits per heavy atom. The molecule has 1 saturated carbocycles. The van der Waals surface area contributed by atoms with Crippen molar-refractivity contribution in [3.63, 3.8) is 0 Å². The number of carbonyl (C=O) groups excluding carboxylic acids is 1. The smallest absolute Gasteiger partial charge is 0.407 e. The lowest BCUT2D eigenvalue weighted by Crippen LogP contribution is -2.33. The van der Waals surface area contributed by atoms with E-state index < -0.39 is 47.3 Å². The predicted molar refractivity (Wildman–Crippen MR) is 128 cm³/mol. The van der Waals surface area contributed by atoms with Crippen LogP contribution in [0.3, 0.4) is 0 Å². The molecule has 0 unspecified atom stereocenters. The summed E-state index contributed by atoms with van der Waals surface area (Å²) in [6.07, 6.45) is -0.419. The van der Waals surface area contributed by atoms with Gasteiger partial charge in [-0.2, -0.15) is 5.10 Å². The molecule has 1 fully saturated rings. The van der Waals surface area contributed by atoms with Crippen LogP contribution in [0.15, 0.2) is 24.3 Å². The van der Waals surface area contributed by atoms with E-state index in [1.165, 1.54) is 0 Å². The van der Waals surface area contributed by atoms with Crippen LogP contribution in [0.2, 0.25) is 0 Å². The summed E-state index contributed by atoms with van der Waals surface area (Å²) in [7, 11) is -3.12. The molecule has 0 spiro atoms. The minimum absolute atomic E-state index is 0.0126. The van der Waals surface area contributed by atoms with E-state index in [0.717, 1.165) is 22.5 Å². The first kappa shape index (κ1) is 16.1. The van der Waals surface area contributed by atoms with Crippen molar-refractivity contribution in [2.45, 2.75) is 88.8 Å². The molecule has 1 aromatic carbocycles. The summed E-state index contributed by atoms with van der Waals surface area (Å²) in [6, 6.07) is 4.18. The fourth-order valence-electron chi connectivity index (χ4n) is 4.45. The Labute approximate surface area is 205 Å². The monoisotopic (exact) mass is 481 g/mol. The van der Waals surface area contributed by atoms with Gasteiger partial charge in [0.2, 0.25) is 0 Å². The number of alkyl carbamates (subject to hydrolysis) is 1. The molecule has 2 N–H and O–H groups in total. The van der Waals surface area contributed by atoms with Gasteiger partial charge in [0.25, 0.3) is 0 Å². The highest BCUT2D eigenvalue weighted by atomic mass is 32.2. The number of aromatic nitrogens is 2. The Hall–Kier alpha value is -2.55. The first-order valence-electron chi connectivity index (χ1n) is 14.4. The van der Waals surface area contributed by atoms with Crippen molar-refractivity contribution in [2.24, 2.45) is 0 Å². The van der Waals surface area contributed by atoms with E-state index >= 15 is 0 Å². The number of carbonyl (C=O) groups is 1. The maximum atomic E-state index is 12.4. The quantitative estimate of drug-likeness (QED) is 0.648. The van der Waals surface area contributed by atoms with E-state index in [0.29, 0.717) is 25.1 Å².